The summed E-state index contributed by atoms with van der Waals surface area (Å²) in [6.07, 6.45) is 3.29. The molecule has 1 aromatic rings. The van der Waals surface area contributed by atoms with E-state index in [0.717, 1.165) is 6.07 Å². The van der Waals surface area contributed by atoms with Crippen LogP contribution in [0.3, 0.4) is 0 Å². The topological polar surface area (TPSA) is 79.0 Å². The molecule has 4 aliphatic rings. The summed E-state index contributed by atoms with van der Waals surface area (Å²) < 4.78 is 19.3. The molecule has 0 radical (unpaired) electrons. The summed E-state index contributed by atoms with van der Waals surface area (Å²) in [5, 5.41) is 2.70. The smallest absolute Gasteiger partial charge is 0.251 e. The van der Waals surface area contributed by atoms with Gasteiger partial charge in [-0.1, -0.05) is 11.6 Å². The van der Waals surface area contributed by atoms with Gasteiger partial charge in [0.05, 0.1) is 17.2 Å². The second kappa shape index (κ2) is 7.50. The van der Waals surface area contributed by atoms with Gasteiger partial charge in [-0.05, 0) is 43.4 Å². The third-order valence-electron chi connectivity index (χ3n) is 6.53. The normalized spacial score (nSPS) is 30.5. The van der Waals surface area contributed by atoms with Crippen LogP contribution in [0.1, 0.15) is 36.0 Å². The first-order chi connectivity index (χ1) is 14.4. The van der Waals surface area contributed by atoms with Crippen molar-refractivity contribution >= 4 is 29.3 Å². The Bertz CT molecular complexity index is 908. The first-order valence-electron chi connectivity index (χ1n) is 10.4. The van der Waals surface area contributed by atoms with Crippen LogP contribution in [0.4, 0.5) is 4.39 Å². The van der Waals surface area contributed by atoms with E-state index in [-0.39, 0.29) is 28.5 Å². The second-order valence-corrected chi connectivity index (χ2v) is 9.02. The number of benzene rings is 1. The number of carbonyl (C=O) groups excluding carboxylic acids is 3. The molecule has 9 heteroatoms. The molecule has 1 aromatic carbocycles. The van der Waals surface area contributed by atoms with Crippen LogP contribution in [0.2, 0.25) is 5.02 Å². The van der Waals surface area contributed by atoms with Crippen LogP contribution in [0.15, 0.2) is 18.2 Å². The first-order valence-corrected chi connectivity index (χ1v) is 10.8. The van der Waals surface area contributed by atoms with Gasteiger partial charge in [-0.2, -0.15) is 0 Å². The molecule has 1 aliphatic carbocycles. The van der Waals surface area contributed by atoms with E-state index in [1.165, 1.54) is 25.0 Å². The fourth-order valence-corrected chi connectivity index (χ4v) is 4.88. The number of amides is 3. The maximum absolute atomic E-state index is 13.4. The van der Waals surface area contributed by atoms with Crippen LogP contribution < -0.4 is 5.32 Å². The van der Waals surface area contributed by atoms with Crippen LogP contribution in [0.25, 0.3) is 0 Å². The average molecular weight is 436 g/mol. The van der Waals surface area contributed by atoms with Gasteiger partial charge in [0.2, 0.25) is 11.8 Å². The molecule has 0 spiro atoms. The van der Waals surface area contributed by atoms with Gasteiger partial charge in [0.25, 0.3) is 5.91 Å². The van der Waals surface area contributed by atoms with E-state index < -0.39 is 29.8 Å². The summed E-state index contributed by atoms with van der Waals surface area (Å²) in [5.74, 6) is -0.641. The monoisotopic (exact) mass is 435 g/mol. The van der Waals surface area contributed by atoms with Gasteiger partial charge in [-0.3, -0.25) is 14.4 Å². The Kier molecular flexibility index (Phi) is 4.94. The summed E-state index contributed by atoms with van der Waals surface area (Å²) in [6.45, 7) is 1.53. The molecule has 3 saturated heterocycles. The standard InChI is InChI=1S/C21H23ClFN3O4/c22-14-7-12(3-4-15(14)23)19(27)24-16-5-6-25-18(16)21(29)26-9-13(8-17(26)20(25)28)30-10-11-1-2-11/h3-4,7,11,13,16-18H,1-2,5-6,8-10H2,(H,24,27)/t13-,16-,17+,18+/m1/s1. The van der Waals surface area contributed by atoms with E-state index in [2.05, 4.69) is 5.32 Å². The predicted molar refractivity (Wildman–Crippen MR) is 105 cm³/mol. The molecular weight excluding hydrogens is 413 g/mol. The maximum atomic E-state index is 13.4. The number of hydrogen-bond donors (Lipinski definition) is 1. The lowest BCUT2D eigenvalue weighted by Crippen LogP contribution is -2.64. The van der Waals surface area contributed by atoms with Crippen molar-refractivity contribution in [3.05, 3.63) is 34.6 Å². The van der Waals surface area contributed by atoms with Crippen molar-refractivity contribution in [1.82, 2.24) is 15.1 Å². The summed E-state index contributed by atoms with van der Waals surface area (Å²) >= 11 is 5.77. The van der Waals surface area contributed by atoms with Crippen molar-refractivity contribution < 1.29 is 23.5 Å². The van der Waals surface area contributed by atoms with Crippen LogP contribution >= 0.6 is 11.6 Å². The molecule has 0 unspecified atom stereocenters. The summed E-state index contributed by atoms with van der Waals surface area (Å²) in [5.41, 5.74) is 0.210. The number of nitrogens with zero attached hydrogens (tertiary/aromatic N) is 2. The predicted octanol–water partition coefficient (Wildman–Crippen LogP) is 1.59. The molecule has 7 nitrogen and oxygen atoms in total. The molecule has 0 bridgehead atoms. The maximum Gasteiger partial charge on any atom is 0.251 e. The lowest BCUT2D eigenvalue weighted by molar-refractivity contribution is -0.157. The molecule has 3 amide bonds. The number of piperazine rings is 1. The summed E-state index contributed by atoms with van der Waals surface area (Å²) in [4.78, 5) is 42.1. The van der Waals surface area contributed by atoms with Crippen LogP contribution in [-0.2, 0) is 14.3 Å². The number of halogens is 2. The van der Waals surface area contributed by atoms with Crippen LogP contribution in [-0.4, -0.2) is 71.4 Å². The number of nitrogens with one attached hydrogen (secondary N) is 1. The van der Waals surface area contributed by atoms with Crippen LogP contribution in [0, 0.1) is 11.7 Å². The molecule has 3 aliphatic heterocycles. The average Bonchev–Trinajstić information content (AvgIpc) is 3.30. The molecule has 4 fully saturated rings. The van der Waals surface area contributed by atoms with Crippen molar-refractivity contribution in [2.45, 2.75) is 49.9 Å². The number of fused-ring (bicyclic) bond motifs is 2. The Morgan fingerprint density at radius 2 is 2.00 bits per heavy atom. The van der Waals surface area contributed by atoms with Crippen LogP contribution in [0.5, 0.6) is 0 Å². The Morgan fingerprint density at radius 3 is 2.73 bits per heavy atom. The van der Waals surface area contributed by atoms with E-state index in [9.17, 15) is 18.8 Å². The Labute approximate surface area is 178 Å². The van der Waals surface area contributed by atoms with E-state index >= 15 is 0 Å². The van der Waals surface area contributed by atoms with Gasteiger partial charge in [0.1, 0.15) is 17.9 Å². The minimum atomic E-state index is -0.712. The Morgan fingerprint density at radius 1 is 1.20 bits per heavy atom. The van der Waals surface area contributed by atoms with E-state index in [0.29, 0.717) is 38.5 Å². The molecule has 30 heavy (non-hydrogen) atoms. The highest BCUT2D eigenvalue weighted by atomic mass is 35.5. The molecule has 5 rings (SSSR count). The molecule has 1 N–H and O–H groups in total. The zero-order valence-corrected chi connectivity index (χ0v) is 17.1. The van der Waals surface area contributed by atoms with Crippen molar-refractivity contribution in [3.63, 3.8) is 0 Å². The van der Waals surface area contributed by atoms with Gasteiger partial charge in [0.15, 0.2) is 0 Å². The van der Waals surface area contributed by atoms with Gasteiger partial charge >= 0.3 is 0 Å². The highest BCUT2D eigenvalue weighted by Gasteiger charge is 2.55. The number of ether oxygens (including phenoxy) is 1. The van der Waals surface area contributed by atoms with Gasteiger partial charge in [-0.15, -0.1) is 0 Å². The molecule has 160 valence electrons. The SMILES string of the molecule is O=C(N[C@@H]1CCN2C(=O)[C@@H]3C[C@@H](OCC4CC4)CN3C(=O)[C@H]12)c1ccc(F)c(Cl)c1. The van der Waals surface area contributed by atoms with Crippen molar-refractivity contribution in [2.75, 3.05) is 19.7 Å². The van der Waals surface area contributed by atoms with Gasteiger partial charge < -0.3 is 19.9 Å². The fraction of sp³-hybridized carbons (Fsp3) is 0.571. The summed E-state index contributed by atoms with van der Waals surface area (Å²) in [7, 11) is 0. The van der Waals surface area contributed by atoms with Gasteiger partial charge in [-0.25, -0.2) is 4.39 Å². The number of rotatable bonds is 5. The lowest BCUT2D eigenvalue weighted by atomic mass is 10.0. The largest absolute Gasteiger partial charge is 0.376 e. The molecule has 4 atom stereocenters. The Hall–Kier alpha value is -2.19. The van der Waals surface area contributed by atoms with E-state index in [1.54, 1.807) is 9.80 Å². The molecule has 3 heterocycles. The van der Waals surface area contributed by atoms with Crippen molar-refractivity contribution in [2.24, 2.45) is 5.92 Å². The van der Waals surface area contributed by atoms with Gasteiger partial charge in [0, 0.05) is 31.7 Å². The quantitative estimate of drug-likeness (QED) is 0.761. The lowest BCUT2D eigenvalue weighted by Gasteiger charge is -2.40. The number of hydrogen-bond acceptors (Lipinski definition) is 4. The summed E-state index contributed by atoms with van der Waals surface area (Å²) in [6, 6.07) is 2.05. The number of carbonyl (C=O) groups is 3. The molecule has 0 aromatic heterocycles. The molecular formula is C21H23ClFN3O4. The highest BCUT2D eigenvalue weighted by Crippen LogP contribution is 2.35. The Balaban J connectivity index is 1.28. The molecule has 1 saturated carbocycles. The third-order valence-corrected chi connectivity index (χ3v) is 6.82. The van der Waals surface area contributed by atoms with E-state index in [4.69, 9.17) is 16.3 Å². The highest BCUT2D eigenvalue weighted by molar-refractivity contribution is 6.31. The fourth-order valence-electron chi connectivity index (χ4n) is 4.70. The zero-order valence-electron chi connectivity index (χ0n) is 16.4. The third kappa shape index (κ3) is 3.46. The minimum Gasteiger partial charge on any atom is -0.376 e. The zero-order chi connectivity index (χ0) is 21.0. The second-order valence-electron chi connectivity index (χ2n) is 8.61. The first kappa shape index (κ1) is 19.8. The minimum absolute atomic E-state index is 0.0707. The van der Waals surface area contributed by atoms with Crippen molar-refractivity contribution in [3.8, 4) is 0 Å². The van der Waals surface area contributed by atoms with Crippen molar-refractivity contribution in [1.29, 1.82) is 0 Å². The van der Waals surface area contributed by atoms with E-state index in [1.807, 2.05) is 0 Å².